The first-order valence-corrected chi connectivity index (χ1v) is 8.72. The third-order valence-electron chi connectivity index (χ3n) is 3.93. The van der Waals surface area contributed by atoms with E-state index in [-0.39, 0.29) is 44.3 Å². The summed E-state index contributed by atoms with van der Waals surface area (Å²) in [5.41, 5.74) is -1.39. The van der Waals surface area contributed by atoms with Crippen LogP contribution in [0, 0.1) is 5.41 Å². The fourth-order valence-electron chi connectivity index (χ4n) is 2.92. The molecule has 1 unspecified atom stereocenters. The molecule has 1 atom stereocenters. The van der Waals surface area contributed by atoms with Crippen LogP contribution in [0.25, 0.3) is 0 Å². The predicted octanol–water partition coefficient (Wildman–Crippen LogP) is -0.0563. The number of esters is 1. The Balaban J connectivity index is 2.85. The Morgan fingerprint density at radius 3 is 2.04 bits per heavy atom. The van der Waals surface area contributed by atoms with E-state index in [1.165, 1.54) is 9.80 Å². The number of amides is 2. The van der Waals surface area contributed by atoms with Crippen molar-refractivity contribution in [2.75, 3.05) is 19.6 Å². The first kappa shape index (κ1) is 21.9. The van der Waals surface area contributed by atoms with Crippen LogP contribution in [0.2, 0.25) is 0 Å². The monoisotopic (exact) mass is 369 g/mol. The van der Waals surface area contributed by atoms with Crippen LogP contribution in [-0.4, -0.2) is 64.8 Å². The summed E-state index contributed by atoms with van der Waals surface area (Å²) in [5, 5.41) is 11.6. The molecule has 8 nitrogen and oxygen atoms in total. The molecule has 0 aromatic rings. The molecule has 0 bridgehead atoms. The lowest BCUT2D eigenvalue weighted by atomic mass is 9.85. The average Bonchev–Trinajstić information content (AvgIpc) is 2.41. The van der Waals surface area contributed by atoms with E-state index in [9.17, 15) is 24.3 Å². The van der Waals surface area contributed by atoms with Crippen molar-refractivity contribution in [3.8, 4) is 0 Å². The Hall–Kier alpha value is -2.12. The van der Waals surface area contributed by atoms with Crippen LogP contribution >= 0.6 is 0 Å². The highest BCUT2D eigenvalue weighted by molar-refractivity contribution is 5.87. The molecule has 1 saturated heterocycles. The number of hydrogen-bond donors (Lipinski definition) is 0. The molecule has 1 heterocycles. The lowest BCUT2D eigenvalue weighted by Crippen LogP contribution is -2.58. The highest BCUT2D eigenvalue weighted by Gasteiger charge is 2.36. The first-order chi connectivity index (χ1) is 11.7. The van der Waals surface area contributed by atoms with Gasteiger partial charge in [-0.2, -0.15) is 0 Å². The Labute approximate surface area is 154 Å². The summed E-state index contributed by atoms with van der Waals surface area (Å²) in [7, 11) is 0. The summed E-state index contributed by atoms with van der Waals surface area (Å²) in [6, 6.07) is -1.12. The van der Waals surface area contributed by atoms with Crippen molar-refractivity contribution in [3.63, 3.8) is 0 Å². The molecule has 1 aliphatic rings. The number of carboxylic acid groups (broad SMARTS) is 1. The van der Waals surface area contributed by atoms with Crippen molar-refractivity contribution in [1.82, 2.24) is 9.80 Å². The minimum Gasteiger partial charge on any atom is -0.548 e. The van der Waals surface area contributed by atoms with E-state index in [4.69, 9.17) is 4.74 Å². The second kappa shape index (κ2) is 8.05. The molecular formula is C18H29N2O6-. The molecule has 0 N–H and O–H groups in total. The van der Waals surface area contributed by atoms with Crippen molar-refractivity contribution in [2.24, 2.45) is 5.41 Å². The van der Waals surface area contributed by atoms with Crippen LogP contribution in [0.4, 0.5) is 0 Å². The Morgan fingerprint density at radius 2 is 1.58 bits per heavy atom. The Morgan fingerprint density at radius 1 is 1.04 bits per heavy atom. The smallest absolute Gasteiger partial charge is 0.326 e. The standard InChI is InChI=1S/C18H30N2O6/c1-17(2,3)15(16(24)25)20-10-8-12(21)19(9-7-13(20)22)11-14(23)26-18(4,5)6/h15H,7-11H2,1-6H3,(H,24,25)/p-1. The fourth-order valence-corrected chi connectivity index (χ4v) is 2.92. The van der Waals surface area contributed by atoms with Gasteiger partial charge in [0.25, 0.3) is 0 Å². The molecule has 26 heavy (non-hydrogen) atoms. The fraction of sp³-hybridized carbons (Fsp3) is 0.778. The molecule has 2 amide bonds. The van der Waals surface area contributed by atoms with E-state index in [0.29, 0.717) is 0 Å². The molecular weight excluding hydrogens is 340 g/mol. The lowest BCUT2D eigenvalue weighted by molar-refractivity contribution is -0.314. The molecule has 0 spiro atoms. The zero-order valence-electron chi connectivity index (χ0n) is 16.5. The van der Waals surface area contributed by atoms with Gasteiger partial charge in [-0.15, -0.1) is 0 Å². The van der Waals surface area contributed by atoms with E-state index in [0.717, 1.165) is 0 Å². The second-order valence-electron chi connectivity index (χ2n) is 8.58. The summed E-state index contributed by atoms with van der Waals surface area (Å²) >= 11 is 0. The topological polar surface area (TPSA) is 107 Å². The lowest BCUT2D eigenvalue weighted by Gasteiger charge is -2.42. The van der Waals surface area contributed by atoms with E-state index in [1.54, 1.807) is 41.5 Å². The predicted molar refractivity (Wildman–Crippen MR) is 91.6 cm³/mol. The Bertz CT molecular complexity index is 573. The number of carboxylic acids is 1. The maximum absolute atomic E-state index is 12.5. The summed E-state index contributed by atoms with van der Waals surface area (Å²) in [6.07, 6.45) is -0.122. The van der Waals surface area contributed by atoms with E-state index < -0.39 is 29.0 Å². The summed E-state index contributed by atoms with van der Waals surface area (Å²) in [5.74, 6) is -2.59. The van der Waals surface area contributed by atoms with Crippen molar-refractivity contribution >= 4 is 23.8 Å². The van der Waals surface area contributed by atoms with Gasteiger partial charge in [0.05, 0.1) is 12.0 Å². The average molecular weight is 369 g/mol. The minimum atomic E-state index is -1.34. The van der Waals surface area contributed by atoms with Crippen LogP contribution < -0.4 is 5.11 Å². The minimum absolute atomic E-state index is 0.0294. The van der Waals surface area contributed by atoms with Gasteiger partial charge in [-0.3, -0.25) is 14.4 Å². The van der Waals surface area contributed by atoms with E-state index >= 15 is 0 Å². The molecule has 8 heteroatoms. The number of carbonyl (C=O) groups excluding carboxylic acids is 4. The van der Waals surface area contributed by atoms with Gasteiger partial charge in [0.15, 0.2) is 0 Å². The van der Waals surface area contributed by atoms with E-state index in [2.05, 4.69) is 0 Å². The molecule has 0 saturated carbocycles. The van der Waals surface area contributed by atoms with Crippen LogP contribution in [0.5, 0.6) is 0 Å². The second-order valence-corrected chi connectivity index (χ2v) is 8.58. The molecule has 0 aromatic carbocycles. The van der Waals surface area contributed by atoms with Gasteiger partial charge in [0.1, 0.15) is 12.1 Å². The van der Waals surface area contributed by atoms with Crippen LogP contribution in [0.3, 0.4) is 0 Å². The van der Waals surface area contributed by atoms with Crippen molar-refractivity contribution < 1.29 is 29.0 Å². The summed E-state index contributed by atoms with van der Waals surface area (Å²) < 4.78 is 5.21. The summed E-state index contributed by atoms with van der Waals surface area (Å²) in [4.78, 5) is 50.9. The zero-order valence-corrected chi connectivity index (χ0v) is 16.5. The van der Waals surface area contributed by atoms with Crippen molar-refractivity contribution in [2.45, 2.75) is 66.0 Å². The van der Waals surface area contributed by atoms with Gasteiger partial charge < -0.3 is 24.4 Å². The molecule has 0 radical (unpaired) electrons. The number of carbonyl (C=O) groups is 4. The number of nitrogens with zero attached hydrogens (tertiary/aromatic N) is 2. The zero-order chi connectivity index (χ0) is 20.3. The van der Waals surface area contributed by atoms with Crippen LogP contribution in [-0.2, 0) is 23.9 Å². The number of ether oxygens (including phenoxy) is 1. The molecule has 1 aliphatic heterocycles. The van der Waals surface area contributed by atoms with Gasteiger partial charge in [-0.25, -0.2) is 0 Å². The third-order valence-corrected chi connectivity index (χ3v) is 3.93. The van der Waals surface area contributed by atoms with Crippen LogP contribution in [0.1, 0.15) is 54.4 Å². The highest BCUT2D eigenvalue weighted by Crippen LogP contribution is 2.26. The van der Waals surface area contributed by atoms with Crippen LogP contribution in [0.15, 0.2) is 0 Å². The third kappa shape index (κ3) is 6.31. The molecule has 1 fully saturated rings. The van der Waals surface area contributed by atoms with Gasteiger partial charge in [-0.05, 0) is 26.2 Å². The number of aliphatic carboxylic acids is 1. The van der Waals surface area contributed by atoms with E-state index in [1.807, 2.05) is 0 Å². The van der Waals surface area contributed by atoms with Crippen molar-refractivity contribution in [3.05, 3.63) is 0 Å². The number of hydrogen-bond acceptors (Lipinski definition) is 6. The van der Waals surface area contributed by atoms with Crippen molar-refractivity contribution in [1.29, 1.82) is 0 Å². The largest absolute Gasteiger partial charge is 0.548 e. The van der Waals surface area contributed by atoms with Gasteiger partial charge in [0.2, 0.25) is 11.8 Å². The quantitative estimate of drug-likeness (QED) is 0.643. The first-order valence-electron chi connectivity index (χ1n) is 8.72. The molecule has 0 aromatic heterocycles. The normalized spacial score (nSPS) is 18.2. The maximum Gasteiger partial charge on any atom is 0.326 e. The van der Waals surface area contributed by atoms with Gasteiger partial charge in [0, 0.05) is 25.9 Å². The molecule has 1 rings (SSSR count). The summed E-state index contributed by atoms with van der Waals surface area (Å²) in [6.45, 7) is 10.1. The Kier molecular flexibility index (Phi) is 6.79. The maximum atomic E-state index is 12.5. The highest BCUT2D eigenvalue weighted by atomic mass is 16.6. The van der Waals surface area contributed by atoms with Gasteiger partial charge in [-0.1, -0.05) is 20.8 Å². The molecule has 148 valence electrons. The molecule has 0 aliphatic carbocycles. The SMILES string of the molecule is CC(C)(C)OC(=O)CN1CCC(=O)N(C(C(=O)[O-])C(C)(C)C)CCC1=O. The van der Waals surface area contributed by atoms with Gasteiger partial charge >= 0.3 is 5.97 Å². The number of rotatable bonds is 4.